The minimum atomic E-state index is 0.672. The van der Waals surface area contributed by atoms with Gasteiger partial charge >= 0.3 is 0 Å². The van der Waals surface area contributed by atoms with Crippen LogP contribution in [0.25, 0.3) is 10.6 Å². The zero-order valence-corrected chi connectivity index (χ0v) is 12.9. The average molecular weight is 289 g/mol. The summed E-state index contributed by atoms with van der Waals surface area (Å²) in [7, 11) is 0. The number of aromatic amines is 1. The van der Waals surface area contributed by atoms with Crippen LogP contribution in [0.2, 0.25) is 0 Å². The summed E-state index contributed by atoms with van der Waals surface area (Å²) in [5, 5.41) is 13.2. The Hall–Kier alpha value is -1.13. The van der Waals surface area contributed by atoms with Crippen molar-refractivity contribution in [2.24, 2.45) is 5.92 Å². The standard InChI is InChI=1S/C16H23N3S/c1-12-4-2-5-14(8-7-12)17-10-13-11-18-19-16(13)15-6-3-9-20-15/h3,6,9,11-12,14,17H,2,4-5,7-8,10H2,1H3,(H,18,19). The number of thiophene rings is 1. The molecule has 0 aromatic carbocycles. The zero-order chi connectivity index (χ0) is 13.8. The van der Waals surface area contributed by atoms with Gasteiger partial charge < -0.3 is 5.32 Å². The Morgan fingerprint density at radius 1 is 1.35 bits per heavy atom. The molecule has 3 nitrogen and oxygen atoms in total. The Kier molecular flexibility index (Phi) is 4.53. The lowest BCUT2D eigenvalue weighted by molar-refractivity contribution is 0.447. The molecule has 0 radical (unpaired) electrons. The first-order valence-corrected chi connectivity index (χ1v) is 8.50. The molecule has 0 amide bonds. The van der Waals surface area contributed by atoms with E-state index in [4.69, 9.17) is 0 Å². The second kappa shape index (κ2) is 6.55. The van der Waals surface area contributed by atoms with Gasteiger partial charge in [0.2, 0.25) is 0 Å². The Morgan fingerprint density at radius 2 is 2.30 bits per heavy atom. The zero-order valence-electron chi connectivity index (χ0n) is 12.1. The fraction of sp³-hybridized carbons (Fsp3) is 0.562. The van der Waals surface area contributed by atoms with Gasteiger partial charge in [-0.05, 0) is 36.6 Å². The fourth-order valence-electron chi connectivity index (χ4n) is 3.02. The van der Waals surface area contributed by atoms with E-state index in [0.29, 0.717) is 6.04 Å². The van der Waals surface area contributed by atoms with Crippen molar-refractivity contribution >= 4 is 11.3 Å². The SMILES string of the molecule is CC1CCCC(NCc2cn[nH]c2-c2cccs2)CC1. The third kappa shape index (κ3) is 3.30. The van der Waals surface area contributed by atoms with E-state index in [2.05, 4.69) is 40.0 Å². The highest BCUT2D eigenvalue weighted by molar-refractivity contribution is 7.13. The van der Waals surface area contributed by atoms with Gasteiger partial charge in [0, 0.05) is 18.2 Å². The second-order valence-electron chi connectivity index (χ2n) is 5.94. The molecule has 0 spiro atoms. The molecule has 2 heterocycles. The molecule has 2 N–H and O–H groups in total. The molecule has 4 heteroatoms. The lowest BCUT2D eigenvalue weighted by atomic mass is 10.0. The van der Waals surface area contributed by atoms with Crippen molar-refractivity contribution < 1.29 is 0 Å². The first kappa shape index (κ1) is 13.8. The van der Waals surface area contributed by atoms with E-state index in [1.54, 1.807) is 11.3 Å². The Balaban J connectivity index is 1.60. The normalized spacial score (nSPS) is 23.6. The van der Waals surface area contributed by atoms with Crippen molar-refractivity contribution in [1.82, 2.24) is 15.5 Å². The minimum Gasteiger partial charge on any atom is -0.310 e. The molecule has 2 unspecified atom stereocenters. The van der Waals surface area contributed by atoms with Crippen molar-refractivity contribution in [1.29, 1.82) is 0 Å². The third-order valence-electron chi connectivity index (χ3n) is 4.32. The summed E-state index contributed by atoms with van der Waals surface area (Å²) < 4.78 is 0. The summed E-state index contributed by atoms with van der Waals surface area (Å²) in [6.07, 6.45) is 8.71. The van der Waals surface area contributed by atoms with Gasteiger partial charge in [-0.25, -0.2) is 0 Å². The molecule has 1 aliphatic rings. The predicted octanol–water partition coefficient (Wildman–Crippen LogP) is 4.20. The first-order valence-electron chi connectivity index (χ1n) is 7.62. The van der Waals surface area contributed by atoms with Crippen molar-refractivity contribution in [3.8, 4) is 10.6 Å². The van der Waals surface area contributed by atoms with Gasteiger partial charge in [-0.1, -0.05) is 25.8 Å². The number of nitrogens with one attached hydrogen (secondary N) is 2. The molecule has 1 saturated carbocycles. The van der Waals surface area contributed by atoms with Gasteiger partial charge in [-0.3, -0.25) is 5.10 Å². The number of H-pyrrole nitrogens is 1. The van der Waals surface area contributed by atoms with Crippen LogP contribution in [0.1, 0.15) is 44.6 Å². The quantitative estimate of drug-likeness (QED) is 0.828. The van der Waals surface area contributed by atoms with Gasteiger partial charge in [0.05, 0.1) is 16.8 Å². The Bertz CT molecular complexity index is 518. The number of hydrogen-bond acceptors (Lipinski definition) is 3. The fourth-order valence-corrected chi connectivity index (χ4v) is 3.78. The monoisotopic (exact) mass is 289 g/mol. The molecule has 0 bridgehead atoms. The summed E-state index contributed by atoms with van der Waals surface area (Å²) in [4.78, 5) is 1.27. The largest absolute Gasteiger partial charge is 0.310 e. The van der Waals surface area contributed by atoms with E-state index in [0.717, 1.165) is 12.5 Å². The molecular weight excluding hydrogens is 266 g/mol. The number of hydrogen-bond donors (Lipinski definition) is 2. The minimum absolute atomic E-state index is 0.672. The molecule has 0 saturated heterocycles. The predicted molar refractivity (Wildman–Crippen MR) is 84.8 cm³/mol. The van der Waals surface area contributed by atoms with E-state index in [1.165, 1.54) is 48.2 Å². The molecule has 20 heavy (non-hydrogen) atoms. The molecule has 1 aliphatic carbocycles. The highest BCUT2D eigenvalue weighted by atomic mass is 32.1. The van der Waals surface area contributed by atoms with Crippen LogP contribution in [-0.2, 0) is 6.54 Å². The maximum absolute atomic E-state index is 4.21. The van der Waals surface area contributed by atoms with Crippen LogP contribution in [0, 0.1) is 5.92 Å². The number of rotatable bonds is 4. The van der Waals surface area contributed by atoms with Crippen molar-refractivity contribution in [2.45, 2.75) is 51.6 Å². The summed E-state index contributed by atoms with van der Waals surface area (Å²) in [6.45, 7) is 3.30. The van der Waals surface area contributed by atoms with Gasteiger partial charge in [-0.2, -0.15) is 5.10 Å². The van der Waals surface area contributed by atoms with Crippen LogP contribution in [0.15, 0.2) is 23.7 Å². The van der Waals surface area contributed by atoms with Crippen LogP contribution in [-0.4, -0.2) is 16.2 Å². The first-order chi connectivity index (χ1) is 9.83. The van der Waals surface area contributed by atoms with E-state index in [9.17, 15) is 0 Å². The lowest BCUT2D eigenvalue weighted by Crippen LogP contribution is -2.28. The van der Waals surface area contributed by atoms with E-state index in [1.807, 2.05) is 6.20 Å². The Morgan fingerprint density at radius 3 is 3.15 bits per heavy atom. The van der Waals surface area contributed by atoms with E-state index >= 15 is 0 Å². The lowest BCUT2D eigenvalue weighted by Gasteiger charge is -2.16. The van der Waals surface area contributed by atoms with Crippen LogP contribution < -0.4 is 5.32 Å². The van der Waals surface area contributed by atoms with Crippen molar-refractivity contribution in [3.63, 3.8) is 0 Å². The summed E-state index contributed by atoms with van der Waals surface area (Å²) >= 11 is 1.76. The molecule has 0 aliphatic heterocycles. The van der Waals surface area contributed by atoms with Crippen molar-refractivity contribution in [3.05, 3.63) is 29.3 Å². The van der Waals surface area contributed by atoms with Gasteiger partial charge in [0.1, 0.15) is 0 Å². The van der Waals surface area contributed by atoms with E-state index in [-0.39, 0.29) is 0 Å². The summed E-state index contributed by atoms with van der Waals surface area (Å²) in [5.41, 5.74) is 2.46. The van der Waals surface area contributed by atoms with Crippen LogP contribution in [0.3, 0.4) is 0 Å². The van der Waals surface area contributed by atoms with Gasteiger partial charge in [0.15, 0.2) is 0 Å². The maximum Gasteiger partial charge on any atom is 0.0794 e. The number of nitrogens with zero attached hydrogens (tertiary/aromatic N) is 1. The molecule has 2 aromatic rings. The Labute approximate surface area is 124 Å². The summed E-state index contributed by atoms with van der Waals surface area (Å²) in [6, 6.07) is 4.91. The molecular formula is C16H23N3S. The maximum atomic E-state index is 4.21. The molecule has 3 rings (SSSR count). The van der Waals surface area contributed by atoms with Crippen LogP contribution in [0.5, 0.6) is 0 Å². The smallest absolute Gasteiger partial charge is 0.0794 e. The molecule has 2 aromatic heterocycles. The topological polar surface area (TPSA) is 40.7 Å². The highest BCUT2D eigenvalue weighted by Gasteiger charge is 2.16. The van der Waals surface area contributed by atoms with Crippen molar-refractivity contribution in [2.75, 3.05) is 0 Å². The van der Waals surface area contributed by atoms with Gasteiger partial charge in [0.25, 0.3) is 0 Å². The number of aromatic nitrogens is 2. The highest BCUT2D eigenvalue weighted by Crippen LogP contribution is 2.27. The third-order valence-corrected chi connectivity index (χ3v) is 5.21. The summed E-state index contributed by atoms with van der Waals surface area (Å²) in [5.74, 6) is 0.900. The average Bonchev–Trinajstić information content (AvgIpc) is 3.07. The van der Waals surface area contributed by atoms with E-state index < -0.39 is 0 Å². The molecule has 108 valence electrons. The van der Waals surface area contributed by atoms with Crippen LogP contribution in [0.4, 0.5) is 0 Å². The molecule has 2 atom stereocenters. The van der Waals surface area contributed by atoms with Gasteiger partial charge in [-0.15, -0.1) is 11.3 Å². The van der Waals surface area contributed by atoms with Crippen LogP contribution >= 0.6 is 11.3 Å². The second-order valence-corrected chi connectivity index (χ2v) is 6.89. The molecule has 1 fully saturated rings.